The van der Waals surface area contributed by atoms with Gasteiger partial charge in [-0.2, -0.15) is 0 Å². The smallest absolute Gasteiger partial charge is 0.0390 e. The zero-order chi connectivity index (χ0) is 13.0. The van der Waals surface area contributed by atoms with Gasteiger partial charge in [-0.15, -0.1) is 11.8 Å². The molecule has 18 heavy (non-hydrogen) atoms. The third-order valence-electron chi connectivity index (χ3n) is 2.98. The lowest BCUT2D eigenvalue weighted by molar-refractivity contribution is 0.829. The molecular weight excluding hydrogens is 238 g/mol. The molecule has 0 aliphatic carbocycles. The summed E-state index contributed by atoms with van der Waals surface area (Å²) in [5.41, 5.74) is 10.0. The van der Waals surface area contributed by atoms with E-state index in [1.54, 1.807) is 0 Å². The van der Waals surface area contributed by atoms with Crippen LogP contribution in [0, 0.1) is 13.8 Å². The first-order valence-electron chi connectivity index (χ1n) is 6.17. The molecule has 0 aromatic heterocycles. The van der Waals surface area contributed by atoms with Gasteiger partial charge in [0.1, 0.15) is 0 Å². The molecule has 2 N–H and O–H groups in total. The summed E-state index contributed by atoms with van der Waals surface area (Å²) in [6.45, 7) is 4.24. The lowest BCUT2D eigenvalue weighted by Crippen LogP contribution is -2.13. The molecule has 0 saturated heterocycles. The molecule has 0 saturated carbocycles. The molecule has 1 nitrogen and oxygen atoms in total. The van der Waals surface area contributed by atoms with Crippen LogP contribution in [0.1, 0.15) is 22.7 Å². The highest BCUT2D eigenvalue weighted by atomic mass is 32.2. The maximum atomic E-state index is 6.24. The molecule has 2 aromatic carbocycles. The van der Waals surface area contributed by atoms with Crippen molar-refractivity contribution >= 4 is 11.8 Å². The summed E-state index contributed by atoms with van der Waals surface area (Å²) in [7, 11) is 0. The van der Waals surface area contributed by atoms with Gasteiger partial charge in [0.2, 0.25) is 0 Å². The number of hydrogen-bond donors (Lipinski definition) is 1. The number of rotatable bonds is 4. The van der Waals surface area contributed by atoms with E-state index < -0.39 is 0 Å². The van der Waals surface area contributed by atoms with Crippen molar-refractivity contribution in [1.82, 2.24) is 0 Å². The van der Waals surface area contributed by atoms with Crippen LogP contribution < -0.4 is 5.73 Å². The van der Waals surface area contributed by atoms with Crippen LogP contribution in [0.2, 0.25) is 0 Å². The van der Waals surface area contributed by atoms with Crippen molar-refractivity contribution in [3.8, 4) is 0 Å². The quantitative estimate of drug-likeness (QED) is 0.835. The van der Waals surface area contributed by atoms with E-state index >= 15 is 0 Å². The van der Waals surface area contributed by atoms with Crippen LogP contribution in [0.5, 0.6) is 0 Å². The lowest BCUT2D eigenvalue weighted by Gasteiger charge is -2.13. The second kappa shape index (κ2) is 6.07. The largest absolute Gasteiger partial charge is 0.323 e. The molecule has 1 unspecified atom stereocenters. The Labute approximate surface area is 113 Å². The number of hydrogen-bond acceptors (Lipinski definition) is 2. The normalized spacial score (nSPS) is 12.4. The number of aryl methyl sites for hydroxylation is 2. The Kier molecular flexibility index (Phi) is 4.45. The van der Waals surface area contributed by atoms with Crippen molar-refractivity contribution in [3.05, 3.63) is 65.2 Å². The minimum atomic E-state index is 0.0921. The van der Waals surface area contributed by atoms with E-state index in [4.69, 9.17) is 5.73 Å². The predicted octanol–water partition coefficient (Wildman–Crippen LogP) is 4.10. The second-order valence-corrected chi connectivity index (χ2v) is 5.66. The molecule has 0 radical (unpaired) electrons. The van der Waals surface area contributed by atoms with Crippen LogP contribution in [0.3, 0.4) is 0 Å². The third kappa shape index (κ3) is 3.37. The summed E-state index contributed by atoms with van der Waals surface area (Å²) < 4.78 is 0. The van der Waals surface area contributed by atoms with Crippen LogP contribution in [0.25, 0.3) is 0 Å². The Morgan fingerprint density at radius 3 is 2.56 bits per heavy atom. The Morgan fingerprint density at radius 1 is 1.06 bits per heavy atom. The van der Waals surface area contributed by atoms with Gasteiger partial charge in [0.25, 0.3) is 0 Å². The minimum Gasteiger partial charge on any atom is -0.323 e. The van der Waals surface area contributed by atoms with Crippen molar-refractivity contribution in [2.75, 3.05) is 5.75 Å². The van der Waals surface area contributed by atoms with Crippen LogP contribution in [0.4, 0.5) is 0 Å². The molecule has 2 aromatic rings. The van der Waals surface area contributed by atoms with E-state index in [-0.39, 0.29) is 6.04 Å². The second-order valence-electron chi connectivity index (χ2n) is 4.60. The zero-order valence-corrected chi connectivity index (χ0v) is 11.7. The topological polar surface area (TPSA) is 26.0 Å². The summed E-state index contributed by atoms with van der Waals surface area (Å²) in [6, 6.07) is 17.0. The number of thioether (sulfide) groups is 1. The van der Waals surface area contributed by atoms with Gasteiger partial charge in [-0.05, 0) is 31.0 Å². The summed E-state index contributed by atoms with van der Waals surface area (Å²) in [5, 5.41) is 0. The summed E-state index contributed by atoms with van der Waals surface area (Å²) in [5.74, 6) is 0.911. The Bertz CT molecular complexity index is 522. The maximum absolute atomic E-state index is 6.24. The lowest BCUT2D eigenvalue weighted by atomic mass is 10.1. The zero-order valence-electron chi connectivity index (χ0n) is 10.9. The molecule has 0 aliphatic heterocycles. The van der Waals surface area contributed by atoms with Gasteiger partial charge >= 0.3 is 0 Å². The Morgan fingerprint density at radius 2 is 1.83 bits per heavy atom. The molecule has 0 bridgehead atoms. The van der Waals surface area contributed by atoms with Gasteiger partial charge in [-0.1, -0.05) is 48.0 Å². The first-order chi connectivity index (χ1) is 8.66. The van der Waals surface area contributed by atoms with Gasteiger partial charge in [0, 0.05) is 16.7 Å². The fraction of sp³-hybridized carbons (Fsp3) is 0.250. The van der Waals surface area contributed by atoms with Crippen molar-refractivity contribution in [2.45, 2.75) is 24.8 Å². The highest BCUT2D eigenvalue weighted by molar-refractivity contribution is 7.99. The van der Waals surface area contributed by atoms with Crippen molar-refractivity contribution in [3.63, 3.8) is 0 Å². The Balaban J connectivity index is 2.00. The molecule has 1 atom stereocenters. The van der Waals surface area contributed by atoms with Gasteiger partial charge in [-0.3, -0.25) is 0 Å². The highest BCUT2D eigenvalue weighted by Crippen LogP contribution is 2.26. The molecule has 0 spiro atoms. The average Bonchev–Trinajstić information content (AvgIpc) is 2.37. The molecule has 0 amide bonds. The minimum absolute atomic E-state index is 0.0921. The number of benzene rings is 2. The standard InChI is InChI=1S/C16H19NS/c1-12-6-5-8-14(10-12)15(17)11-18-16-9-4-3-7-13(16)2/h3-10,15H,11,17H2,1-2H3. The molecule has 0 heterocycles. The van der Waals surface area contributed by atoms with Crippen molar-refractivity contribution in [2.24, 2.45) is 5.73 Å². The van der Waals surface area contributed by atoms with Crippen LogP contribution in [0.15, 0.2) is 53.4 Å². The third-order valence-corrected chi connectivity index (χ3v) is 4.28. The first-order valence-corrected chi connectivity index (χ1v) is 7.16. The molecular formula is C16H19NS. The fourth-order valence-corrected chi connectivity index (χ4v) is 2.92. The van der Waals surface area contributed by atoms with Crippen LogP contribution >= 0.6 is 11.8 Å². The maximum Gasteiger partial charge on any atom is 0.0390 e. The summed E-state index contributed by atoms with van der Waals surface area (Å²) >= 11 is 1.83. The monoisotopic (exact) mass is 257 g/mol. The average molecular weight is 257 g/mol. The Hall–Kier alpha value is -1.25. The van der Waals surface area contributed by atoms with Crippen molar-refractivity contribution < 1.29 is 0 Å². The highest BCUT2D eigenvalue weighted by Gasteiger charge is 2.07. The summed E-state index contributed by atoms with van der Waals surface area (Å²) in [4.78, 5) is 1.32. The SMILES string of the molecule is Cc1cccc(C(N)CSc2ccccc2C)c1. The summed E-state index contributed by atoms with van der Waals surface area (Å²) in [6.07, 6.45) is 0. The van der Waals surface area contributed by atoms with E-state index in [1.165, 1.54) is 21.6 Å². The first kappa shape index (κ1) is 13.2. The van der Waals surface area contributed by atoms with Gasteiger partial charge < -0.3 is 5.73 Å². The molecule has 94 valence electrons. The van der Waals surface area contributed by atoms with Crippen molar-refractivity contribution in [1.29, 1.82) is 0 Å². The van der Waals surface area contributed by atoms with E-state index in [9.17, 15) is 0 Å². The van der Waals surface area contributed by atoms with Crippen LogP contribution in [-0.4, -0.2) is 5.75 Å². The molecule has 0 aliphatic rings. The predicted molar refractivity (Wildman–Crippen MR) is 80.0 cm³/mol. The molecule has 2 rings (SSSR count). The van der Waals surface area contributed by atoms with Gasteiger partial charge in [0.05, 0.1) is 0 Å². The van der Waals surface area contributed by atoms with Crippen LogP contribution in [-0.2, 0) is 0 Å². The van der Waals surface area contributed by atoms with E-state index in [1.807, 2.05) is 11.8 Å². The number of nitrogens with two attached hydrogens (primary N) is 1. The van der Waals surface area contributed by atoms with Gasteiger partial charge in [-0.25, -0.2) is 0 Å². The van der Waals surface area contributed by atoms with E-state index in [0.717, 1.165) is 5.75 Å². The molecule has 2 heteroatoms. The fourth-order valence-electron chi connectivity index (χ4n) is 1.89. The van der Waals surface area contributed by atoms with E-state index in [0.29, 0.717) is 0 Å². The molecule has 0 fully saturated rings. The van der Waals surface area contributed by atoms with Gasteiger partial charge in [0.15, 0.2) is 0 Å². The van der Waals surface area contributed by atoms with E-state index in [2.05, 4.69) is 62.4 Å².